The molecule has 0 unspecified atom stereocenters. The molecule has 27 heavy (non-hydrogen) atoms. The highest BCUT2D eigenvalue weighted by Crippen LogP contribution is 2.35. The lowest BCUT2D eigenvalue weighted by molar-refractivity contribution is -0.711. The van der Waals surface area contributed by atoms with E-state index in [1.54, 1.807) is 24.4 Å². The number of nitrogen functional groups attached to an aromatic ring is 1. The molecule has 0 aliphatic carbocycles. The van der Waals surface area contributed by atoms with Gasteiger partial charge in [-0.25, -0.2) is 13.7 Å². The first-order valence-corrected chi connectivity index (χ1v) is 10.00. The second kappa shape index (κ2) is 8.21. The molecule has 2 heterocycles. The van der Waals surface area contributed by atoms with Gasteiger partial charge in [-0.1, -0.05) is 29.4 Å². The third-order valence-corrected chi connectivity index (χ3v) is 4.63. The summed E-state index contributed by atoms with van der Waals surface area (Å²) in [5.74, 6) is 1.15. The van der Waals surface area contributed by atoms with Gasteiger partial charge in [-0.2, -0.15) is 0 Å². The van der Waals surface area contributed by atoms with E-state index >= 15 is 0 Å². The van der Waals surface area contributed by atoms with Crippen LogP contribution in [0, 0.1) is 0 Å². The van der Waals surface area contributed by atoms with Crippen molar-refractivity contribution in [3.63, 3.8) is 0 Å². The number of benzene rings is 1. The van der Waals surface area contributed by atoms with Crippen LogP contribution in [0.4, 0.5) is 5.82 Å². The molecule has 4 N–H and O–H groups in total. The lowest BCUT2D eigenvalue weighted by Gasteiger charge is -2.07. The summed E-state index contributed by atoms with van der Waals surface area (Å²) in [5.41, 5.74) is 9.45. The Kier molecular flexibility index (Phi) is 5.94. The van der Waals surface area contributed by atoms with Gasteiger partial charge in [0.1, 0.15) is 5.56 Å². The summed E-state index contributed by atoms with van der Waals surface area (Å²) in [7, 11) is -4.60. The standard InChI is InChI=1S/C17H17ClN3O5P/c18-10-13-5-3-12(4-6-13)8-14-9-16(26-20-14)15-2-1-7-21(17(15)19)11-25-27(22,23)24/h1-7,9,19H,8,10-11H2,(H2,22,23,24)/p+1. The summed E-state index contributed by atoms with van der Waals surface area (Å²) in [6.45, 7) is -0.391. The second-order valence-corrected chi connectivity index (χ2v) is 7.34. The molecule has 0 aliphatic heterocycles. The minimum Gasteiger partial charge on any atom is -0.356 e. The van der Waals surface area contributed by atoms with Crippen LogP contribution in [0.25, 0.3) is 11.3 Å². The zero-order valence-corrected chi connectivity index (χ0v) is 15.8. The largest absolute Gasteiger partial charge is 0.472 e. The molecule has 0 amide bonds. The van der Waals surface area contributed by atoms with Gasteiger partial charge < -0.3 is 14.3 Å². The Labute approximate surface area is 160 Å². The fraction of sp³-hybridized carbons (Fsp3) is 0.176. The van der Waals surface area contributed by atoms with Crippen molar-refractivity contribution >= 4 is 25.2 Å². The van der Waals surface area contributed by atoms with Crippen molar-refractivity contribution in [3.05, 3.63) is 65.5 Å². The summed E-state index contributed by atoms with van der Waals surface area (Å²) in [6, 6.07) is 13.1. The minimum atomic E-state index is -4.60. The molecule has 0 aliphatic rings. The number of aromatic nitrogens is 2. The van der Waals surface area contributed by atoms with Gasteiger partial charge in [-0.3, -0.25) is 5.73 Å². The fourth-order valence-electron chi connectivity index (χ4n) is 2.50. The topological polar surface area (TPSA) is 123 Å². The van der Waals surface area contributed by atoms with E-state index in [2.05, 4.69) is 9.68 Å². The number of anilines is 1. The Morgan fingerprint density at radius 2 is 1.93 bits per heavy atom. The average Bonchev–Trinajstić information content (AvgIpc) is 3.09. The number of halogens is 1. The number of phosphoric ester groups is 1. The number of pyridine rings is 1. The van der Waals surface area contributed by atoms with Crippen molar-refractivity contribution in [3.8, 4) is 11.3 Å². The van der Waals surface area contributed by atoms with E-state index < -0.39 is 14.6 Å². The number of hydrogen-bond acceptors (Lipinski definition) is 5. The highest BCUT2D eigenvalue weighted by atomic mass is 35.5. The summed E-state index contributed by atoms with van der Waals surface area (Å²) in [4.78, 5) is 17.7. The lowest BCUT2D eigenvalue weighted by Crippen LogP contribution is -2.38. The van der Waals surface area contributed by atoms with E-state index in [0.717, 1.165) is 16.8 Å². The molecular weight excluding hydrogens is 393 g/mol. The third kappa shape index (κ3) is 5.15. The van der Waals surface area contributed by atoms with Crippen molar-refractivity contribution in [1.82, 2.24) is 5.16 Å². The molecule has 8 nitrogen and oxygen atoms in total. The van der Waals surface area contributed by atoms with Gasteiger partial charge in [-0.15, -0.1) is 11.6 Å². The Morgan fingerprint density at radius 3 is 2.59 bits per heavy atom. The lowest BCUT2D eigenvalue weighted by atomic mass is 10.1. The Hall–Kier alpha value is -2.22. The quantitative estimate of drug-likeness (QED) is 0.311. The van der Waals surface area contributed by atoms with Gasteiger partial charge in [-0.05, 0) is 23.3 Å². The molecule has 0 radical (unpaired) electrons. The smallest absolute Gasteiger partial charge is 0.356 e. The SMILES string of the molecule is Nc1c(-c2cc(Cc3ccc(CCl)cc3)no2)ccc[n+]1COP(=O)(O)O. The molecular formula is C17H18ClN3O5P+. The van der Waals surface area contributed by atoms with Crippen molar-refractivity contribution < 1.29 is 28.0 Å². The molecule has 10 heteroatoms. The molecule has 0 fully saturated rings. The number of nitrogens with two attached hydrogens (primary N) is 1. The van der Waals surface area contributed by atoms with Crippen molar-refractivity contribution in [2.24, 2.45) is 0 Å². The maximum atomic E-state index is 10.9. The van der Waals surface area contributed by atoms with Crippen LogP contribution in [-0.4, -0.2) is 14.9 Å². The first kappa shape index (κ1) is 19.5. The van der Waals surface area contributed by atoms with Crippen LogP contribution in [0.5, 0.6) is 0 Å². The van der Waals surface area contributed by atoms with Gasteiger partial charge in [0.05, 0.1) is 11.9 Å². The van der Waals surface area contributed by atoms with Crippen LogP contribution in [0.15, 0.2) is 53.2 Å². The molecule has 3 rings (SSSR count). The van der Waals surface area contributed by atoms with Crippen LogP contribution >= 0.6 is 19.4 Å². The highest BCUT2D eigenvalue weighted by molar-refractivity contribution is 7.46. The predicted octanol–water partition coefficient (Wildman–Crippen LogP) is 2.61. The average molecular weight is 411 g/mol. The summed E-state index contributed by atoms with van der Waals surface area (Å²) >= 11 is 5.79. The maximum absolute atomic E-state index is 10.9. The minimum absolute atomic E-state index is 0.236. The molecule has 0 atom stereocenters. The zero-order chi connectivity index (χ0) is 19.4. The number of hydrogen-bond donors (Lipinski definition) is 3. The van der Waals surface area contributed by atoms with Gasteiger partial charge >= 0.3 is 7.82 Å². The Balaban J connectivity index is 1.78. The normalized spacial score (nSPS) is 11.7. The first-order chi connectivity index (χ1) is 12.9. The van der Waals surface area contributed by atoms with E-state index in [1.165, 1.54) is 4.57 Å². The van der Waals surface area contributed by atoms with Crippen LogP contribution in [0.3, 0.4) is 0 Å². The van der Waals surface area contributed by atoms with Gasteiger partial charge in [0.25, 0.3) is 5.82 Å². The third-order valence-electron chi connectivity index (χ3n) is 3.87. The van der Waals surface area contributed by atoms with E-state index in [4.69, 9.17) is 31.6 Å². The zero-order valence-electron chi connectivity index (χ0n) is 14.2. The first-order valence-electron chi connectivity index (χ1n) is 7.93. The summed E-state index contributed by atoms with van der Waals surface area (Å²) in [6.07, 6.45) is 2.13. The van der Waals surface area contributed by atoms with E-state index in [0.29, 0.717) is 23.6 Å². The monoisotopic (exact) mass is 410 g/mol. The Morgan fingerprint density at radius 1 is 1.22 bits per heavy atom. The molecule has 0 saturated heterocycles. The number of phosphoric acid groups is 1. The maximum Gasteiger partial charge on any atom is 0.472 e. The molecule has 1 aromatic carbocycles. The number of rotatable bonds is 7. The number of alkyl halides is 1. The van der Waals surface area contributed by atoms with Crippen molar-refractivity contribution in [1.29, 1.82) is 0 Å². The molecule has 0 bridgehead atoms. The molecule has 2 aromatic heterocycles. The highest BCUT2D eigenvalue weighted by Gasteiger charge is 2.20. The van der Waals surface area contributed by atoms with Crippen molar-refractivity contribution in [2.75, 3.05) is 5.73 Å². The van der Waals surface area contributed by atoms with E-state index in [1.807, 2.05) is 24.3 Å². The van der Waals surface area contributed by atoms with Gasteiger partial charge in [0.15, 0.2) is 5.76 Å². The molecule has 3 aromatic rings. The Bertz CT molecular complexity index is 971. The van der Waals surface area contributed by atoms with Crippen LogP contribution < -0.4 is 10.3 Å². The van der Waals surface area contributed by atoms with Crippen LogP contribution in [-0.2, 0) is 28.1 Å². The number of nitrogens with zero attached hydrogens (tertiary/aromatic N) is 2. The van der Waals surface area contributed by atoms with Crippen molar-refractivity contribution in [2.45, 2.75) is 19.0 Å². The fourth-order valence-corrected chi connectivity index (χ4v) is 2.95. The predicted molar refractivity (Wildman–Crippen MR) is 98.5 cm³/mol. The van der Waals surface area contributed by atoms with E-state index in [9.17, 15) is 4.57 Å². The molecule has 0 spiro atoms. The summed E-state index contributed by atoms with van der Waals surface area (Å²) < 4.78 is 22.1. The van der Waals surface area contributed by atoms with Gasteiger partial charge in [0, 0.05) is 18.4 Å². The summed E-state index contributed by atoms with van der Waals surface area (Å²) in [5, 5.41) is 4.06. The van der Waals surface area contributed by atoms with Gasteiger partial charge in [0.2, 0.25) is 6.73 Å². The molecule has 142 valence electrons. The molecule has 0 saturated carbocycles. The van der Waals surface area contributed by atoms with Crippen LogP contribution in [0.2, 0.25) is 0 Å². The van der Waals surface area contributed by atoms with Crippen LogP contribution in [0.1, 0.15) is 16.8 Å². The second-order valence-electron chi connectivity index (χ2n) is 5.84. The van der Waals surface area contributed by atoms with E-state index in [-0.39, 0.29) is 5.82 Å².